The average Bonchev–Trinajstić information content (AvgIpc) is 3.26. The van der Waals surface area contributed by atoms with Gasteiger partial charge in [0.25, 0.3) is 5.56 Å². The number of carbonyl (C=O) groups is 4. The molecule has 0 aromatic carbocycles. The molecule has 0 amide bonds. The number of aromatic nitrogens is 4. The van der Waals surface area contributed by atoms with E-state index in [9.17, 15) is 28.8 Å². The molecule has 15 nitrogen and oxygen atoms in total. The Morgan fingerprint density at radius 3 is 2.30 bits per heavy atom. The van der Waals surface area contributed by atoms with Gasteiger partial charge in [0.15, 0.2) is 11.4 Å². The van der Waals surface area contributed by atoms with E-state index in [0.29, 0.717) is 0 Å². The summed E-state index contributed by atoms with van der Waals surface area (Å²) in [6.45, 7) is 2.14. The summed E-state index contributed by atoms with van der Waals surface area (Å²) >= 11 is 0. The second kappa shape index (κ2) is 11.1. The van der Waals surface area contributed by atoms with Crippen molar-refractivity contribution in [2.24, 2.45) is 7.05 Å². The molecule has 1 aliphatic heterocycles. The topological polar surface area (TPSA) is 184 Å². The van der Waals surface area contributed by atoms with Gasteiger partial charge in [-0.25, -0.2) is 14.4 Å². The van der Waals surface area contributed by atoms with Crippen LogP contribution in [0.5, 0.6) is 0 Å². The van der Waals surface area contributed by atoms with Crippen molar-refractivity contribution in [3.05, 3.63) is 44.5 Å². The molecule has 2 aromatic heterocycles. The van der Waals surface area contributed by atoms with Gasteiger partial charge in [0.2, 0.25) is 0 Å². The molecular formula is C22H24N4O11. The zero-order valence-electron chi connectivity index (χ0n) is 20.6. The Morgan fingerprint density at radius 2 is 1.70 bits per heavy atom. The molecule has 1 fully saturated rings. The molecule has 1 aliphatic rings. The van der Waals surface area contributed by atoms with E-state index in [0.717, 1.165) is 35.6 Å². The van der Waals surface area contributed by atoms with E-state index in [1.54, 1.807) is 0 Å². The predicted octanol–water partition coefficient (Wildman–Crippen LogP) is -0.640. The molecule has 3 rings (SSSR count). The van der Waals surface area contributed by atoms with Crippen molar-refractivity contribution < 1.29 is 42.9 Å². The lowest BCUT2D eigenvalue weighted by atomic mass is 10.1. The molecule has 0 radical (unpaired) electrons. The van der Waals surface area contributed by atoms with Crippen LogP contribution in [0.3, 0.4) is 0 Å². The Morgan fingerprint density at radius 1 is 1.03 bits per heavy atom. The van der Waals surface area contributed by atoms with Crippen molar-refractivity contribution in [2.75, 3.05) is 20.8 Å². The monoisotopic (exact) mass is 520 g/mol. The Hall–Kier alpha value is -4.40. The van der Waals surface area contributed by atoms with Gasteiger partial charge in [0, 0.05) is 39.1 Å². The normalized spacial score (nSPS) is 18.7. The number of rotatable bonds is 7. The Kier molecular flexibility index (Phi) is 8.17. The summed E-state index contributed by atoms with van der Waals surface area (Å²) in [6, 6.07) is 1.11. The van der Waals surface area contributed by atoms with Gasteiger partial charge in [-0.15, -0.1) is 10.2 Å². The van der Waals surface area contributed by atoms with Crippen LogP contribution in [0.2, 0.25) is 0 Å². The average molecular weight is 520 g/mol. The highest BCUT2D eigenvalue weighted by Crippen LogP contribution is 2.31. The van der Waals surface area contributed by atoms with E-state index in [1.807, 2.05) is 0 Å². The van der Waals surface area contributed by atoms with Crippen LogP contribution in [-0.4, -0.2) is 76.2 Å². The number of hydrogen-bond acceptors (Lipinski definition) is 13. The summed E-state index contributed by atoms with van der Waals surface area (Å²) in [5, 5.41) is 7.35. The third kappa shape index (κ3) is 5.72. The molecule has 198 valence electrons. The van der Waals surface area contributed by atoms with Crippen LogP contribution in [-0.2, 0) is 40.3 Å². The second-order valence-electron chi connectivity index (χ2n) is 7.89. The molecular weight excluding hydrogens is 496 g/mol. The lowest BCUT2D eigenvalue weighted by Crippen LogP contribution is -2.40. The van der Waals surface area contributed by atoms with Crippen molar-refractivity contribution >= 4 is 23.9 Å². The lowest BCUT2D eigenvalue weighted by molar-refractivity contribution is -0.155. The number of ether oxygens (including phenoxy) is 5. The smallest absolute Gasteiger partial charge is 0.359 e. The zero-order chi connectivity index (χ0) is 27.4. The number of methoxy groups -OCH3 is 2. The minimum absolute atomic E-state index is 0.0189. The number of carbonyl (C=O) groups excluding carboxylic acids is 4. The van der Waals surface area contributed by atoms with Gasteiger partial charge < -0.3 is 23.7 Å². The van der Waals surface area contributed by atoms with Crippen molar-refractivity contribution in [2.45, 2.75) is 38.7 Å². The van der Waals surface area contributed by atoms with Crippen LogP contribution in [0, 0.1) is 0 Å². The Balaban J connectivity index is 2.15. The van der Waals surface area contributed by atoms with Gasteiger partial charge in [-0.1, -0.05) is 0 Å². The molecule has 1 saturated heterocycles. The van der Waals surface area contributed by atoms with E-state index in [-0.39, 0.29) is 29.8 Å². The van der Waals surface area contributed by atoms with Gasteiger partial charge in [-0.05, 0) is 6.07 Å². The van der Waals surface area contributed by atoms with Crippen LogP contribution < -0.4 is 11.2 Å². The van der Waals surface area contributed by atoms with Crippen molar-refractivity contribution in [3.8, 4) is 11.1 Å². The third-order valence-corrected chi connectivity index (χ3v) is 5.43. The summed E-state index contributed by atoms with van der Waals surface area (Å²) < 4.78 is 27.3. The number of esters is 4. The fraction of sp³-hybridized carbons (Fsp3) is 0.455. The standard InChI is InChI=1S/C22H24N4O11/c1-10(27)35-9-16-15(36-11(2)28)7-17(37-16)26-8-13(19(29)25(3)22(26)32)12-6-14(20(30)33-4)23-24-18(12)21(31)34-5/h6,8,15-17H,7,9H2,1-5H3/t15?,16-,17-/m1/s1. The first-order valence-electron chi connectivity index (χ1n) is 10.8. The summed E-state index contributed by atoms with van der Waals surface area (Å²) in [5.41, 5.74) is -2.67. The van der Waals surface area contributed by atoms with E-state index >= 15 is 0 Å². The molecule has 2 aromatic rings. The minimum atomic E-state index is -1.06. The summed E-state index contributed by atoms with van der Waals surface area (Å²) in [6.07, 6.45) is -1.72. The summed E-state index contributed by atoms with van der Waals surface area (Å²) in [7, 11) is 3.40. The van der Waals surface area contributed by atoms with Gasteiger partial charge in [-0.2, -0.15) is 0 Å². The van der Waals surface area contributed by atoms with E-state index in [1.165, 1.54) is 20.9 Å². The van der Waals surface area contributed by atoms with Gasteiger partial charge in [0.1, 0.15) is 25.0 Å². The highest BCUT2D eigenvalue weighted by Gasteiger charge is 2.40. The Labute approximate surface area is 208 Å². The third-order valence-electron chi connectivity index (χ3n) is 5.43. The molecule has 3 atom stereocenters. The molecule has 15 heteroatoms. The van der Waals surface area contributed by atoms with Gasteiger partial charge in [-0.3, -0.25) is 23.5 Å². The second-order valence-corrected chi connectivity index (χ2v) is 7.89. The fourth-order valence-corrected chi connectivity index (χ4v) is 3.69. The van der Waals surface area contributed by atoms with E-state index in [4.69, 9.17) is 18.9 Å². The van der Waals surface area contributed by atoms with E-state index < -0.39 is 59.3 Å². The first-order chi connectivity index (χ1) is 17.5. The first-order valence-corrected chi connectivity index (χ1v) is 10.8. The number of nitrogens with zero attached hydrogens (tertiary/aromatic N) is 4. The zero-order valence-corrected chi connectivity index (χ0v) is 20.6. The lowest BCUT2D eigenvalue weighted by Gasteiger charge is -2.18. The predicted molar refractivity (Wildman–Crippen MR) is 120 cm³/mol. The first kappa shape index (κ1) is 27.2. The largest absolute Gasteiger partial charge is 0.464 e. The van der Waals surface area contributed by atoms with Gasteiger partial charge in [0.05, 0.1) is 19.8 Å². The molecule has 37 heavy (non-hydrogen) atoms. The minimum Gasteiger partial charge on any atom is -0.464 e. The molecule has 0 aliphatic carbocycles. The Bertz CT molecular complexity index is 1360. The van der Waals surface area contributed by atoms with Crippen LogP contribution >= 0.6 is 0 Å². The quantitative estimate of drug-likeness (QED) is 0.332. The molecule has 0 N–H and O–H groups in total. The number of hydrogen-bond donors (Lipinski definition) is 0. The van der Waals surface area contributed by atoms with Crippen LogP contribution in [0.1, 0.15) is 47.5 Å². The maximum Gasteiger partial charge on any atom is 0.359 e. The summed E-state index contributed by atoms with van der Waals surface area (Å²) in [4.78, 5) is 73.3. The molecule has 0 saturated carbocycles. The molecule has 0 bridgehead atoms. The molecule has 1 unspecified atom stereocenters. The highest BCUT2D eigenvalue weighted by atomic mass is 16.6. The maximum atomic E-state index is 13.1. The van der Waals surface area contributed by atoms with Crippen LogP contribution in [0.15, 0.2) is 21.9 Å². The molecule has 0 spiro atoms. The SMILES string of the molecule is COC(=O)c1cc(-c2cn([C@H]3CC(OC(C)=O)[C@@H](COC(C)=O)O3)c(=O)n(C)c2=O)c(C(=O)OC)nn1. The van der Waals surface area contributed by atoms with Crippen LogP contribution in [0.4, 0.5) is 0 Å². The summed E-state index contributed by atoms with van der Waals surface area (Å²) in [5.74, 6) is -3.03. The highest BCUT2D eigenvalue weighted by molar-refractivity contribution is 5.97. The fourth-order valence-electron chi connectivity index (χ4n) is 3.69. The van der Waals surface area contributed by atoms with Crippen molar-refractivity contribution in [1.29, 1.82) is 0 Å². The van der Waals surface area contributed by atoms with Crippen LogP contribution in [0.25, 0.3) is 11.1 Å². The van der Waals surface area contributed by atoms with Gasteiger partial charge >= 0.3 is 29.6 Å². The van der Waals surface area contributed by atoms with Crippen molar-refractivity contribution in [1.82, 2.24) is 19.3 Å². The van der Waals surface area contributed by atoms with Crippen molar-refractivity contribution in [3.63, 3.8) is 0 Å². The van der Waals surface area contributed by atoms with E-state index in [2.05, 4.69) is 14.9 Å². The maximum absolute atomic E-state index is 13.1. The molecule has 3 heterocycles.